The molecular weight excluding hydrogens is 322 g/mol. The number of carbonyl (C=O) groups excluding carboxylic acids is 1. The Labute approximate surface area is 145 Å². The van der Waals surface area contributed by atoms with Gasteiger partial charge in [0.1, 0.15) is 5.82 Å². The number of aromatic amines is 1. The fraction of sp³-hybridized carbons (Fsp3) is 0.333. The minimum Gasteiger partial charge on any atom is -0.504 e. The van der Waals surface area contributed by atoms with Crippen LogP contribution in [-0.4, -0.2) is 33.0 Å². The SMILES string of the molecule is CCCC1=C(C(=O)OCC)C(c2cccc(O)c2O)c2cn[nH]c2N1. The second kappa shape index (κ2) is 6.88. The number of carbonyl (C=O) groups is 1. The number of rotatable bonds is 5. The molecule has 25 heavy (non-hydrogen) atoms. The Bertz CT molecular complexity index is 825. The van der Waals surface area contributed by atoms with E-state index in [0.717, 1.165) is 12.1 Å². The van der Waals surface area contributed by atoms with Gasteiger partial charge in [-0.1, -0.05) is 25.5 Å². The quantitative estimate of drug-likeness (QED) is 0.491. The molecule has 0 saturated heterocycles. The molecule has 1 aliphatic rings. The maximum atomic E-state index is 12.7. The van der Waals surface area contributed by atoms with Crippen molar-refractivity contribution in [1.29, 1.82) is 0 Å². The molecule has 1 aromatic carbocycles. The van der Waals surface area contributed by atoms with Gasteiger partial charge in [0.2, 0.25) is 0 Å². The number of fused-ring (bicyclic) bond motifs is 1. The minimum absolute atomic E-state index is 0.235. The highest BCUT2D eigenvalue weighted by Gasteiger charge is 2.37. The van der Waals surface area contributed by atoms with Crippen molar-refractivity contribution < 1.29 is 19.7 Å². The summed E-state index contributed by atoms with van der Waals surface area (Å²) >= 11 is 0. The first kappa shape index (κ1) is 16.9. The number of para-hydroxylation sites is 1. The molecule has 1 unspecified atom stereocenters. The van der Waals surface area contributed by atoms with Crippen LogP contribution in [0.3, 0.4) is 0 Å². The van der Waals surface area contributed by atoms with Crippen LogP contribution in [0.15, 0.2) is 35.7 Å². The van der Waals surface area contributed by atoms with Crippen LogP contribution in [0.1, 0.15) is 43.7 Å². The number of ether oxygens (including phenoxy) is 1. The highest BCUT2D eigenvalue weighted by Crippen LogP contribution is 2.46. The van der Waals surface area contributed by atoms with Crippen molar-refractivity contribution in [3.63, 3.8) is 0 Å². The van der Waals surface area contributed by atoms with E-state index < -0.39 is 11.9 Å². The van der Waals surface area contributed by atoms with Gasteiger partial charge in [-0.2, -0.15) is 5.10 Å². The lowest BCUT2D eigenvalue weighted by atomic mass is 9.81. The van der Waals surface area contributed by atoms with Gasteiger partial charge in [-0.05, 0) is 19.4 Å². The van der Waals surface area contributed by atoms with E-state index in [1.807, 2.05) is 6.92 Å². The van der Waals surface area contributed by atoms with Crippen molar-refractivity contribution in [3.05, 3.63) is 46.8 Å². The minimum atomic E-state index is -0.581. The molecule has 2 heterocycles. The third kappa shape index (κ3) is 2.93. The standard InChI is InChI=1S/C18H21N3O4/c1-3-6-12-15(18(24)25-4-2)14(11-9-19-21-17(11)20-12)10-7-5-8-13(22)16(10)23/h5,7-9,14,22-23H,3-4,6H2,1-2H3,(H2,19,20,21). The Balaban J connectivity index is 2.23. The second-order valence-corrected chi connectivity index (χ2v) is 5.84. The van der Waals surface area contributed by atoms with E-state index in [0.29, 0.717) is 28.9 Å². The number of nitrogens with zero attached hydrogens (tertiary/aromatic N) is 1. The van der Waals surface area contributed by atoms with Crippen molar-refractivity contribution >= 4 is 11.8 Å². The number of phenolic OH excluding ortho intramolecular Hbond substituents is 2. The number of phenols is 2. The smallest absolute Gasteiger partial charge is 0.336 e. The zero-order chi connectivity index (χ0) is 18.0. The number of benzene rings is 1. The van der Waals surface area contributed by atoms with E-state index in [9.17, 15) is 15.0 Å². The number of esters is 1. The summed E-state index contributed by atoms with van der Waals surface area (Å²) < 4.78 is 5.26. The van der Waals surface area contributed by atoms with Crippen molar-refractivity contribution in [2.75, 3.05) is 11.9 Å². The summed E-state index contributed by atoms with van der Waals surface area (Å²) in [6, 6.07) is 4.72. The summed E-state index contributed by atoms with van der Waals surface area (Å²) in [6.45, 7) is 4.01. The Morgan fingerprint density at radius 3 is 2.80 bits per heavy atom. The van der Waals surface area contributed by atoms with Gasteiger partial charge in [0, 0.05) is 16.8 Å². The molecule has 0 spiro atoms. The summed E-state index contributed by atoms with van der Waals surface area (Å²) in [5.74, 6) is -0.842. The first-order chi connectivity index (χ1) is 12.1. The lowest BCUT2D eigenvalue weighted by molar-refractivity contribution is -0.138. The molecule has 132 valence electrons. The molecule has 0 bridgehead atoms. The molecule has 0 radical (unpaired) electrons. The first-order valence-corrected chi connectivity index (χ1v) is 8.29. The second-order valence-electron chi connectivity index (χ2n) is 5.84. The van der Waals surface area contributed by atoms with E-state index in [1.54, 1.807) is 25.3 Å². The lowest BCUT2D eigenvalue weighted by Gasteiger charge is -2.29. The summed E-state index contributed by atoms with van der Waals surface area (Å²) in [4.78, 5) is 12.7. The normalized spacial score (nSPS) is 16.3. The van der Waals surface area contributed by atoms with Crippen molar-refractivity contribution in [2.24, 2.45) is 0 Å². The van der Waals surface area contributed by atoms with E-state index in [2.05, 4.69) is 15.5 Å². The largest absolute Gasteiger partial charge is 0.504 e. The molecular formula is C18H21N3O4. The predicted molar refractivity (Wildman–Crippen MR) is 92.4 cm³/mol. The maximum Gasteiger partial charge on any atom is 0.336 e. The van der Waals surface area contributed by atoms with Crippen LogP contribution in [0, 0.1) is 0 Å². The molecule has 1 aromatic heterocycles. The predicted octanol–water partition coefficient (Wildman–Crippen LogP) is 3.00. The summed E-state index contributed by atoms with van der Waals surface area (Å²) in [6.07, 6.45) is 3.08. The molecule has 0 saturated carbocycles. The van der Waals surface area contributed by atoms with Gasteiger partial charge in [-0.15, -0.1) is 0 Å². The molecule has 0 aliphatic carbocycles. The fourth-order valence-corrected chi connectivity index (χ4v) is 3.16. The average Bonchev–Trinajstić information content (AvgIpc) is 3.05. The van der Waals surface area contributed by atoms with Crippen molar-refractivity contribution in [2.45, 2.75) is 32.6 Å². The van der Waals surface area contributed by atoms with Crippen LogP contribution in [0.25, 0.3) is 0 Å². The van der Waals surface area contributed by atoms with Gasteiger partial charge in [-0.25, -0.2) is 4.79 Å². The molecule has 0 amide bonds. The maximum absolute atomic E-state index is 12.7. The van der Waals surface area contributed by atoms with Gasteiger partial charge >= 0.3 is 5.97 Å². The molecule has 0 fully saturated rings. The molecule has 4 N–H and O–H groups in total. The lowest BCUT2D eigenvalue weighted by Crippen LogP contribution is -2.25. The van der Waals surface area contributed by atoms with Crippen LogP contribution in [-0.2, 0) is 9.53 Å². The van der Waals surface area contributed by atoms with E-state index >= 15 is 0 Å². The number of H-pyrrole nitrogens is 1. The third-order valence-electron chi connectivity index (χ3n) is 4.22. The van der Waals surface area contributed by atoms with E-state index in [4.69, 9.17) is 4.74 Å². The zero-order valence-electron chi connectivity index (χ0n) is 14.2. The van der Waals surface area contributed by atoms with E-state index in [-0.39, 0.29) is 18.1 Å². The summed E-state index contributed by atoms with van der Waals surface area (Å²) in [5.41, 5.74) is 2.30. The van der Waals surface area contributed by atoms with Crippen molar-refractivity contribution in [3.8, 4) is 11.5 Å². The Hall–Kier alpha value is -2.96. The van der Waals surface area contributed by atoms with Crippen molar-refractivity contribution in [1.82, 2.24) is 10.2 Å². The molecule has 7 heteroatoms. The Morgan fingerprint density at radius 2 is 2.08 bits per heavy atom. The summed E-state index contributed by atoms with van der Waals surface area (Å²) in [5, 5.41) is 30.4. The number of anilines is 1. The number of allylic oxidation sites excluding steroid dienone is 1. The molecule has 2 aromatic rings. The van der Waals surface area contributed by atoms with E-state index in [1.165, 1.54) is 6.07 Å². The highest BCUT2D eigenvalue weighted by atomic mass is 16.5. The average molecular weight is 343 g/mol. The van der Waals surface area contributed by atoms with Crippen LogP contribution >= 0.6 is 0 Å². The number of hydrogen-bond donors (Lipinski definition) is 4. The Kier molecular flexibility index (Phi) is 4.65. The van der Waals surface area contributed by atoms with Crippen LogP contribution in [0.5, 0.6) is 11.5 Å². The summed E-state index contributed by atoms with van der Waals surface area (Å²) in [7, 11) is 0. The van der Waals surface area contributed by atoms with Crippen LogP contribution in [0.2, 0.25) is 0 Å². The van der Waals surface area contributed by atoms with Crippen LogP contribution in [0.4, 0.5) is 5.82 Å². The van der Waals surface area contributed by atoms with Gasteiger partial charge < -0.3 is 20.3 Å². The number of hydrogen-bond acceptors (Lipinski definition) is 6. The number of aromatic nitrogens is 2. The monoisotopic (exact) mass is 343 g/mol. The topological polar surface area (TPSA) is 107 Å². The van der Waals surface area contributed by atoms with Crippen LogP contribution < -0.4 is 5.32 Å². The van der Waals surface area contributed by atoms with Gasteiger partial charge in [0.05, 0.1) is 24.3 Å². The highest BCUT2D eigenvalue weighted by molar-refractivity contribution is 5.94. The number of aromatic hydroxyl groups is 2. The third-order valence-corrected chi connectivity index (χ3v) is 4.22. The molecule has 1 aliphatic heterocycles. The van der Waals surface area contributed by atoms with Gasteiger partial charge in [0.25, 0.3) is 0 Å². The Morgan fingerprint density at radius 1 is 1.28 bits per heavy atom. The van der Waals surface area contributed by atoms with Gasteiger partial charge in [0.15, 0.2) is 11.5 Å². The molecule has 3 rings (SSSR count). The number of nitrogens with one attached hydrogen (secondary N) is 2. The first-order valence-electron chi connectivity index (χ1n) is 8.29. The fourth-order valence-electron chi connectivity index (χ4n) is 3.16. The zero-order valence-corrected chi connectivity index (χ0v) is 14.2. The molecule has 7 nitrogen and oxygen atoms in total. The van der Waals surface area contributed by atoms with Gasteiger partial charge in [-0.3, -0.25) is 5.10 Å². The molecule has 1 atom stereocenters.